The zero-order chi connectivity index (χ0) is 19.6. The lowest BCUT2D eigenvalue weighted by atomic mass is 10.2. The number of benzene rings is 2. The maximum atomic E-state index is 12.6. The summed E-state index contributed by atoms with van der Waals surface area (Å²) < 4.78 is 33.6. The molecule has 0 atom stereocenters. The van der Waals surface area contributed by atoms with Gasteiger partial charge in [0, 0.05) is 17.2 Å². The number of anilines is 1. The minimum atomic E-state index is -3.36. The van der Waals surface area contributed by atoms with Crippen LogP contribution in [0.5, 0.6) is 0 Å². The Kier molecular flexibility index (Phi) is 5.00. The van der Waals surface area contributed by atoms with Gasteiger partial charge in [0.2, 0.25) is 5.76 Å². The van der Waals surface area contributed by atoms with Crippen LogP contribution in [0.4, 0.5) is 5.69 Å². The first-order chi connectivity index (χ1) is 12.8. The Hall–Kier alpha value is -3.13. The number of rotatable bonds is 5. The zero-order valence-corrected chi connectivity index (χ0v) is 15.5. The summed E-state index contributed by atoms with van der Waals surface area (Å²) in [4.78, 5) is 24.9. The summed E-state index contributed by atoms with van der Waals surface area (Å²) in [7, 11) is -3.36. The number of fused-ring (bicyclic) bond motifs is 1. The van der Waals surface area contributed by atoms with Gasteiger partial charge < -0.3 is 14.5 Å². The van der Waals surface area contributed by atoms with Crippen LogP contribution in [0.15, 0.2) is 57.8 Å². The molecule has 8 heteroatoms. The van der Waals surface area contributed by atoms with Crippen molar-refractivity contribution >= 4 is 38.4 Å². The minimum absolute atomic E-state index is 0.0980. The van der Waals surface area contributed by atoms with Gasteiger partial charge in [-0.2, -0.15) is 0 Å². The summed E-state index contributed by atoms with van der Waals surface area (Å²) >= 11 is 0. The van der Waals surface area contributed by atoms with Crippen molar-refractivity contribution < 1.29 is 27.2 Å². The number of hydrogen-bond donors (Lipinski definition) is 1. The predicted octanol–water partition coefficient (Wildman–Crippen LogP) is 3.27. The second-order valence-electron chi connectivity index (χ2n) is 5.77. The molecule has 1 N–H and O–H groups in total. The van der Waals surface area contributed by atoms with E-state index in [1.165, 1.54) is 24.3 Å². The fourth-order valence-corrected chi connectivity index (χ4v) is 3.18. The number of hydrogen-bond acceptors (Lipinski definition) is 6. The van der Waals surface area contributed by atoms with Gasteiger partial charge in [-0.3, -0.25) is 4.79 Å². The summed E-state index contributed by atoms with van der Waals surface area (Å²) in [6, 6.07) is 12.4. The molecule has 1 aromatic heterocycles. The lowest BCUT2D eigenvalue weighted by molar-refractivity contribution is 0.0494. The van der Waals surface area contributed by atoms with E-state index in [0.717, 1.165) is 6.26 Å². The molecule has 140 valence electrons. The summed E-state index contributed by atoms with van der Waals surface area (Å²) in [5.41, 5.74) is 0.881. The van der Waals surface area contributed by atoms with E-state index in [4.69, 9.17) is 9.15 Å². The maximum absolute atomic E-state index is 12.6. The van der Waals surface area contributed by atoms with Crippen molar-refractivity contribution in [3.63, 3.8) is 0 Å². The second kappa shape index (κ2) is 7.24. The van der Waals surface area contributed by atoms with Gasteiger partial charge in [0.15, 0.2) is 9.84 Å². The van der Waals surface area contributed by atoms with Crippen LogP contribution in [0.1, 0.15) is 27.8 Å². The molecule has 0 bridgehead atoms. The topological polar surface area (TPSA) is 103 Å². The van der Waals surface area contributed by atoms with E-state index in [9.17, 15) is 18.0 Å². The van der Waals surface area contributed by atoms with Crippen LogP contribution in [0.25, 0.3) is 11.0 Å². The first-order valence-electron chi connectivity index (χ1n) is 8.11. The highest BCUT2D eigenvalue weighted by atomic mass is 32.2. The Bertz CT molecular complexity index is 1110. The molecule has 0 aliphatic rings. The molecule has 0 aliphatic carbocycles. The number of furan rings is 1. The van der Waals surface area contributed by atoms with E-state index < -0.39 is 21.7 Å². The van der Waals surface area contributed by atoms with Crippen LogP contribution in [0.3, 0.4) is 0 Å². The molecule has 2 aromatic carbocycles. The fraction of sp³-hybridized carbons (Fsp3) is 0.158. The van der Waals surface area contributed by atoms with Crippen molar-refractivity contribution in [3.8, 4) is 0 Å². The monoisotopic (exact) mass is 387 g/mol. The van der Waals surface area contributed by atoms with E-state index in [1.54, 1.807) is 31.2 Å². The molecule has 0 saturated carbocycles. The highest BCUT2D eigenvalue weighted by molar-refractivity contribution is 7.90. The molecular weight excluding hydrogens is 370 g/mol. The minimum Gasteiger partial charge on any atom is -0.460 e. The zero-order valence-electron chi connectivity index (χ0n) is 14.7. The van der Waals surface area contributed by atoms with Crippen molar-refractivity contribution in [1.82, 2.24) is 0 Å². The SMILES string of the molecule is CCOC(=O)c1oc2ccccc2c1NC(=O)c1ccc(S(C)(=O)=O)cc1. The quantitative estimate of drug-likeness (QED) is 0.674. The van der Waals surface area contributed by atoms with Gasteiger partial charge in [0.05, 0.1) is 11.5 Å². The van der Waals surface area contributed by atoms with E-state index >= 15 is 0 Å². The largest absolute Gasteiger partial charge is 0.460 e. The summed E-state index contributed by atoms with van der Waals surface area (Å²) in [5, 5.41) is 3.22. The van der Waals surface area contributed by atoms with Crippen molar-refractivity contribution in [2.75, 3.05) is 18.2 Å². The molecule has 1 heterocycles. The van der Waals surface area contributed by atoms with E-state index in [2.05, 4.69) is 5.32 Å². The van der Waals surface area contributed by atoms with Gasteiger partial charge >= 0.3 is 5.97 Å². The Morgan fingerprint density at radius 1 is 1.07 bits per heavy atom. The molecule has 27 heavy (non-hydrogen) atoms. The van der Waals surface area contributed by atoms with Crippen molar-refractivity contribution in [1.29, 1.82) is 0 Å². The Morgan fingerprint density at radius 3 is 2.37 bits per heavy atom. The number of sulfone groups is 1. The highest BCUT2D eigenvalue weighted by Crippen LogP contribution is 2.31. The van der Waals surface area contributed by atoms with Crippen LogP contribution < -0.4 is 5.32 Å². The van der Waals surface area contributed by atoms with Gasteiger partial charge in [0.1, 0.15) is 11.3 Å². The molecule has 3 aromatic rings. The van der Waals surface area contributed by atoms with Crippen molar-refractivity contribution in [3.05, 3.63) is 59.9 Å². The molecule has 1 amide bonds. The summed E-state index contributed by atoms with van der Waals surface area (Å²) in [6.07, 6.45) is 1.09. The molecule has 0 spiro atoms. The molecule has 0 radical (unpaired) electrons. The number of nitrogens with one attached hydrogen (secondary N) is 1. The van der Waals surface area contributed by atoms with Gasteiger partial charge in [-0.15, -0.1) is 0 Å². The molecule has 3 rings (SSSR count). The molecule has 7 nitrogen and oxygen atoms in total. The first-order valence-corrected chi connectivity index (χ1v) is 10.0. The summed E-state index contributed by atoms with van der Waals surface area (Å²) in [6.45, 7) is 1.83. The van der Waals surface area contributed by atoms with Gasteiger partial charge in [-0.25, -0.2) is 13.2 Å². The van der Waals surface area contributed by atoms with Gasteiger partial charge in [-0.1, -0.05) is 12.1 Å². The predicted molar refractivity (Wildman–Crippen MR) is 99.7 cm³/mol. The number of carbonyl (C=O) groups excluding carboxylic acids is 2. The Balaban J connectivity index is 1.97. The third-order valence-corrected chi connectivity index (χ3v) is 4.97. The van der Waals surface area contributed by atoms with Crippen molar-refractivity contribution in [2.45, 2.75) is 11.8 Å². The third kappa shape index (κ3) is 3.85. The smallest absolute Gasteiger partial charge is 0.376 e. The molecule has 0 fully saturated rings. The lowest BCUT2D eigenvalue weighted by Crippen LogP contribution is -2.15. The summed E-state index contributed by atoms with van der Waals surface area (Å²) in [5.74, 6) is -1.29. The molecule has 0 aliphatic heterocycles. The highest BCUT2D eigenvalue weighted by Gasteiger charge is 2.23. The molecular formula is C19H17NO6S. The van der Waals surface area contributed by atoms with E-state index in [1.807, 2.05) is 0 Å². The van der Waals surface area contributed by atoms with Gasteiger partial charge in [-0.05, 0) is 43.3 Å². The second-order valence-corrected chi connectivity index (χ2v) is 7.79. The molecule has 0 saturated heterocycles. The fourth-order valence-electron chi connectivity index (χ4n) is 2.55. The first kappa shape index (κ1) is 18.7. The number of ether oxygens (including phenoxy) is 1. The van der Waals surface area contributed by atoms with Gasteiger partial charge in [0.25, 0.3) is 5.91 Å². The third-order valence-electron chi connectivity index (χ3n) is 3.84. The molecule has 0 unspecified atom stereocenters. The van der Waals surface area contributed by atoms with Crippen LogP contribution in [0.2, 0.25) is 0 Å². The van der Waals surface area contributed by atoms with Crippen LogP contribution in [-0.4, -0.2) is 33.2 Å². The average molecular weight is 387 g/mol. The lowest BCUT2D eigenvalue weighted by Gasteiger charge is -2.07. The number of amides is 1. The standard InChI is InChI=1S/C19H17NO6S/c1-3-25-19(22)17-16(14-6-4-5-7-15(14)26-17)20-18(21)12-8-10-13(11-9-12)27(2,23)24/h4-11H,3H2,1-2H3,(H,20,21). The maximum Gasteiger partial charge on any atom is 0.376 e. The average Bonchev–Trinajstić information content (AvgIpc) is 3.00. The van der Waals surface area contributed by atoms with E-state index in [0.29, 0.717) is 11.0 Å². The number of carbonyl (C=O) groups is 2. The Morgan fingerprint density at radius 2 is 1.74 bits per heavy atom. The van der Waals surface area contributed by atoms with E-state index in [-0.39, 0.29) is 28.5 Å². The van der Waals surface area contributed by atoms with Crippen LogP contribution in [-0.2, 0) is 14.6 Å². The number of para-hydroxylation sites is 1. The van der Waals surface area contributed by atoms with Crippen LogP contribution >= 0.6 is 0 Å². The Labute approximate surface area is 155 Å². The normalized spacial score (nSPS) is 11.3. The number of esters is 1. The van der Waals surface area contributed by atoms with Crippen molar-refractivity contribution in [2.24, 2.45) is 0 Å². The van der Waals surface area contributed by atoms with Crippen LogP contribution in [0, 0.1) is 0 Å².